The monoisotopic (exact) mass is 390 g/mol. The third-order valence-corrected chi connectivity index (χ3v) is 5.22. The zero-order valence-corrected chi connectivity index (χ0v) is 16.4. The molecule has 1 aromatic heterocycles. The van der Waals surface area contributed by atoms with Gasteiger partial charge in [0, 0.05) is 29.3 Å². The van der Waals surface area contributed by atoms with Crippen LogP contribution in [0.15, 0.2) is 41.4 Å². The summed E-state index contributed by atoms with van der Waals surface area (Å²) in [6, 6.07) is 10.6. The van der Waals surface area contributed by atoms with Gasteiger partial charge in [0.25, 0.3) is 5.91 Å². The predicted octanol–water partition coefficient (Wildman–Crippen LogP) is 4.52. The number of carbonyl (C=O) groups excluding carboxylic acids is 1. The SMILES string of the molecule is CCCn1c(=NC(=O)c2ccc(Cl)cc2)sc2cc(OC)c(OC)cc21. The number of fused-ring (bicyclic) bond motifs is 1. The van der Waals surface area contributed by atoms with Gasteiger partial charge in [-0.2, -0.15) is 4.99 Å². The number of thiazole rings is 1. The van der Waals surface area contributed by atoms with Crippen molar-refractivity contribution in [2.45, 2.75) is 19.9 Å². The molecule has 0 atom stereocenters. The van der Waals surface area contributed by atoms with Gasteiger partial charge in [0.05, 0.1) is 24.4 Å². The van der Waals surface area contributed by atoms with Crippen LogP contribution >= 0.6 is 22.9 Å². The molecule has 0 fully saturated rings. The Morgan fingerprint density at radius 2 is 1.81 bits per heavy atom. The standard InChI is InChI=1S/C19H19ClN2O3S/c1-4-9-22-14-10-15(24-2)16(25-3)11-17(14)26-19(22)21-18(23)12-5-7-13(20)8-6-12/h5-8,10-11H,4,9H2,1-3H3. The molecule has 0 aliphatic rings. The molecule has 7 heteroatoms. The lowest BCUT2D eigenvalue weighted by Crippen LogP contribution is -2.16. The summed E-state index contributed by atoms with van der Waals surface area (Å²) in [5, 5.41) is 0.587. The van der Waals surface area contributed by atoms with Crippen molar-refractivity contribution in [3.63, 3.8) is 0 Å². The lowest BCUT2D eigenvalue weighted by atomic mass is 10.2. The zero-order valence-electron chi connectivity index (χ0n) is 14.8. The number of benzene rings is 2. The van der Waals surface area contributed by atoms with Crippen LogP contribution in [-0.2, 0) is 6.54 Å². The van der Waals surface area contributed by atoms with Gasteiger partial charge in [-0.1, -0.05) is 29.9 Å². The topological polar surface area (TPSA) is 52.8 Å². The Hall–Kier alpha value is -2.31. The summed E-state index contributed by atoms with van der Waals surface area (Å²) in [5.74, 6) is 1.01. The molecule has 3 rings (SSSR count). The van der Waals surface area contributed by atoms with Crippen LogP contribution in [0.3, 0.4) is 0 Å². The predicted molar refractivity (Wildman–Crippen MR) is 105 cm³/mol. The lowest BCUT2D eigenvalue weighted by molar-refractivity contribution is 0.0998. The van der Waals surface area contributed by atoms with Gasteiger partial charge in [-0.25, -0.2) is 0 Å². The molecule has 26 heavy (non-hydrogen) atoms. The molecule has 0 spiro atoms. The van der Waals surface area contributed by atoms with E-state index in [9.17, 15) is 4.79 Å². The first-order valence-electron chi connectivity index (χ1n) is 8.17. The summed E-state index contributed by atoms with van der Waals surface area (Å²) in [6.45, 7) is 2.84. The van der Waals surface area contributed by atoms with Crippen molar-refractivity contribution in [1.29, 1.82) is 0 Å². The fourth-order valence-corrected chi connectivity index (χ4v) is 3.86. The molecule has 3 aromatic rings. The Morgan fingerprint density at radius 1 is 1.15 bits per heavy atom. The number of carbonyl (C=O) groups is 1. The van der Waals surface area contributed by atoms with Crippen LogP contribution in [0.5, 0.6) is 11.5 Å². The maximum atomic E-state index is 12.5. The van der Waals surface area contributed by atoms with E-state index in [0.29, 0.717) is 26.9 Å². The van der Waals surface area contributed by atoms with Crippen molar-refractivity contribution in [1.82, 2.24) is 4.57 Å². The molecular formula is C19H19ClN2O3S. The van der Waals surface area contributed by atoms with Gasteiger partial charge in [0.2, 0.25) is 0 Å². The fourth-order valence-electron chi connectivity index (χ4n) is 2.67. The van der Waals surface area contributed by atoms with Crippen molar-refractivity contribution in [2.24, 2.45) is 4.99 Å². The average Bonchev–Trinajstić information content (AvgIpc) is 2.97. The molecule has 0 unspecified atom stereocenters. The fraction of sp³-hybridized carbons (Fsp3) is 0.263. The molecule has 136 valence electrons. The van der Waals surface area contributed by atoms with Crippen molar-refractivity contribution < 1.29 is 14.3 Å². The minimum absolute atomic E-state index is 0.294. The number of nitrogens with zero attached hydrogens (tertiary/aromatic N) is 2. The van der Waals surface area contributed by atoms with E-state index in [1.807, 2.05) is 16.7 Å². The highest BCUT2D eigenvalue weighted by atomic mass is 35.5. The highest BCUT2D eigenvalue weighted by Crippen LogP contribution is 2.33. The van der Waals surface area contributed by atoms with Gasteiger partial charge in [-0.05, 0) is 30.7 Å². The first-order valence-corrected chi connectivity index (χ1v) is 9.36. The van der Waals surface area contributed by atoms with Gasteiger partial charge in [-0.15, -0.1) is 0 Å². The van der Waals surface area contributed by atoms with E-state index in [4.69, 9.17) is 21.1 Å². The molecule has 0 bridgehead atoms. The Balaban J connectivity index is 2.16. The summed E-state index contributed by atoms with van der Waals surface area (Å²) in [6.07, 6.45) is 0.919. The second-order valence-electron chi connectivity index (χ2n) is 5.64. The number of ether oxygens (including phenoxy) is 2. The summed E-state index contributed by atoms with van der Waals surface area (Å²) in [7, 11) is 3.21. The number of hydrogen-bond acceptors (Lipinski definition) is 4. The van der Waals surface area contributed by atoms with Crippen LogP contribution in [0, 0.1) is 0 Å². The average molecular weight is 391 g/mol. The Bertz CT molecular complexity index is 1010. The van der Waals surface area contributed by atoms with Crippen LogP contribution in [0.1, 0.15) is 23.7 Å². The van der Waals surface area contributed by atoms with Gasteiger partial charge in [0.1, 0.15) is 0 Å². The maximum absolute atomic E-state index is 12.5. The minimum atomic E-state index is -0.294. The summed E-state index contributed by atoms with van der Waals surface area (Å²) < 4.78 is 13.8. The Morgan fingerprint density at radius 3 is 2.42 bits per heavy atom. The van der Waals surface area contributed by atoms with E-state index in [2.05, 4.69) is 11.9 Å². The van der Waals surface area contributed by atoms with Crippen molar-refractivity contribution >= 4 is 39.1 Å². The van der Waals surface area contributed by atoms with Crippen LogP contribution in [-0.4, -0.2) is 24.7 Å². The molecule has 0 radical (unpaired) electrons. The van der Waals surface area contributed by atoms with Gasteiger partial charge in [0.15, 0.2) is 16.3 Å². The molecule has 0 aliphatic carbocycles. The van der Waals surface area contributed by atoms with Crippen molar-refractivity contribution in [2.75, 3.05) is 14.2 Å². The van der Waals surface area contributed by atoms with E-state index < -0.39 is 0 Å². The number of aromatic nitrogens is 1. The maximum Gasteiger partial charge on any atom is 0.279 e. The molecule has 2 aromatic carbocycles. The summed E-state index contributed by atoms with van der Waals surface area (Å²) in [5.41, 5.74) is 1.47. The van der Waals surface area contributed by atoms with Crippen LogP contribution < -0.4 is 14.3 Å². The molecular weight excluding hydrogens is 372 g/mol. The molecule has 0 saturated carbocycles. The first kappa shape index (κ1) is 18.5. The largest absolute Gasteiger partial charge is 0.493 e. The molecule has 5 nitrogen and oxygen atoms in total. The number of hydrogen-bond donors (Lipinski definition) is 0. The summed E-state index contributed by atoms with van der Waals surface area (Å²) in [4.78, 5) is 17.5. The van der Waals surface area contributed by atoms with E-state index in [1.54, 1.807) is 38.5 Å². The van der Waals surface area contributed by atoms with E-state index in [1.165, 1.54) is 11.3 Å². The highest BCUT2D eigenvalue weighted by molar-refractivity contribution is 7.16. The Kier molecular flexibility index (Phi) is 5.64. The molecule has 1 amide bonds. The normalized spacial score (nSPS) is 11.8. The Labute approximate surface area is 160 Å². The molecule has 0 N–H and O–H groups in total. The van der Waals surface area contributed by atoms with Crippen molar-refractivity contribution in [3.05, 3.63) is 51.8 Å². The highest BCUT2D eigenvalue weighted by Gasteiger charge is 2.13. The molecule has 0 aliphatic heterocycles. The number of rotatable bonds is 5. The zero-order chi connectivity index (χ0) is 18.7. The van der Waals surface area contributed by atoms with Crippen molar-refractivity contribution in [3.8, 4) is 11.5 Å². The second kappa shape index (κ2) is 7.93. The third-order valence-electron chi connectivity index (χ3n) is 3.92. The molecule has 0 saturated heterocycles. The smallest absolute Gasteiger partial charge is 0.279 e. The molecule has 1 heterocycles. The number of halogens is 1. The van der Waals surface area contributed by atoms with Gasteiger partial charge in [-0.3, -0.25) is 4.79 Å². The van der Waals surface area contributed by atoms with Gasteiger partial charge < -0.3 is 14.0 Å². The van der Waals surface area contributed by atoms with E-state index in [0.717, 1.165) is 23.2 Å². The van der Waals surface area contributed by atoms with Crippen LogP contribution in [0.2, 0.25) is 5.02 Å². The lowest BCUT2D eigenvalue weighted by Gasteiger charge is -2.08. The quantitative estimate of drug-likeness (QED) is 0.643. The van der Waals surface area contributed by atoms with E-state index in [-0.39, 0.29) is 5.91 Å². The third kappa shape index (κ3) is 3.61. The van der Waals surface area contributed by atoms with Crippen LogP contribution in [0.4, 0.5) is 0 Å². The number of aryl methyl sites for hydroxylation is 1. The second-order valence-corrected chi connectivity index (χ2v) is 7.08. The first-order chi connectivity index (χ1) is 12.6. The summed E-state index contributed by atoms with van der Waals surface area (Å²) >= 11 is 7.34. The van der Waals surface area contributed by atoms with Crippen LogP contribution in [0.25, 0.3) is 10.2 Å². The van der Waals surface area contributed by atoms with Gasteiger partial charge >= 0.3 is 0 Å². The minimum Gasteiger partial charge on any atom is -0.493 e. The number of methoxy groups -OCH3 is 2. The van der Waals surface area contributed by atoms with E-state index >= 15 is 0 Å². The number of amides is 1.